The van der Waals surface area contributed by atoms with Gasteiger partial charge in [-0.2, -0.15) is 72.4 Å². The van der Waals surface area contributed by atoms with Crippen LogP contribution in [0.2, 0.25) is 0 Å². The number of aliphatic hydroxyl groups excluding tert-OH is 4. The fourth-order valence-electron chi connectivity index (χ4n) is 4.89. The molecule has 28 heteroatoms. The number of anilines is 9. The van der Waals surface area contributed by atoms with E-state index < -0.39 is 42.7 Å². The number of hydrogen-bond donors (Lipinski definition) is 9. The van der Waals surface area contributed by atoms with Crippen LogP contribution in [0.3, 0.4) is 0 Å². The maximum Gasteiger partial charge on any atom is 1.00 e. The molecule has 1 atom stereocenters. The van der Waals surface area contributed by atoms with Gasteiger partial charge < -0.3 is 61.0 Å². The van der Waals surface area contributed by atoms with E-state index in [2.05, 4.69) is 68.6 Å². The van der Waals surface area contributed by atoms with Crippen molar-refractivity contribution < 1.29 is 122 Å². The summed E-state index contributed by atoms with van der Waals surface area (Å²) in [6, 6.07) is 18.0. The van der Waals surface area contributed by atoms with Crippen LogP contribution >= 0.6 is 0 Å². The molecule has 2 heterocycles. The van der Waals surface area contributed by atoms with Gasteiger partial charge in [-0.05, 0) is 23.1 Å². The number of hydrogen-bond acceptors (Lipinski definition) is 22. The fourth-order valence-corrected chi connectivity index (χ4v) is 6.00. The molecule has 22 nitrogen and oxygen atoms in total. The van der Waals surface area contributed by atoms with Gasteiger partial charge in [0, 0.05) is 31.0 Å². The molecule has 5 rings (SSSR count). The van der Waals surface area contributed by atoms with Crippen molar-refractivity contribution in [2.24, 2.45) is 0 Å². The second kappa shape index (κ2) is 25.6. The van der Waals surface area contributed by atoms with E-state index in [1.807, 2.05) is 0 Å². The number of aromatic nitrogens is 6. The summed E-state index contributed by atoms with van der Waals surface area (Å²) in [5.41, 5.74) is 0.668. The summed E-state index contributed by atoms with van der Waals surface area (Å²) in [4.78, 5) is 26.5. The number of aliphatic hydroxyl groups is 4. The van der Waals surface area contributed by atoms with Crippen LogP contribution in [0.15, 0.2) is 70.5 Å². The first-order valence-corrected chi connectivity index (χ1v) is 19.2. The van der Waals surface area contributed by atoms with Crippen LogP contribution in [0.1, 0.15) is 11.9 Å². The number of benzene rings is 3. The quantitative estimate of drug-likeness (QED) is 0.0200. The molecular weight excluding hydrogens is 804 g/mol. The third kappa shape index (κ3) is 15.9. The summed E-state index contributed by atoms with van der Waals surface area (Å²) >= 11 is 0. The Morgan fingerprint density at radius 1 is 0.683 bits per heavy atom. The Balaban J connectivity index is 0.00000450. The second-order valence-corrected chi connectivity index (χ2v) is 14.0. The molecule has 0 bridgehead atoms. The van der Waals surface area contributed by atoms with Gasteiger partial charge in [-0.25, -0.2) is 16.8 Å². The van der Waals surface area contributed by atoms with Gasteiger partial charge >= 0.3 is 75.4 Å². The monoisotopic (exact) mass is 838 g/mol. The van der Waals surface area contributed by atoms with Crippen LogP contribution in [0.25, 0.3) is 0 Å². The van der Waals surface area contributed by atoms with Gasteiger partial charge in [-0.3, -0.25) is 0 Å². The molecule has 0 amide bonds. The molecule has 0 fully saturated rings. The Hall–Kier alpha value is -3.31. The zero-order valence-electron chi connectivity index (χ0n) is 33.0. The van der Waals surface area contributed by atoms with Crippen molar-refractivity contribution in [3.05, 3.63) is 78.6 Å². The van der Waals surface area contributed by atoms with Gasteiger partial charge in [0.25, 0.3) is 0 Å². The molecule has 298 valence electrons. The van der Waals surface area contributed by atoms with Crippen molar-refractivity contribution in [1.82, 2.24) is 35.2 Å². The van der Waals surface area contributed by atoms with E-state index in [-0.39, 0.29) is 162 Å². The van der Waals surface area contributed by atoms with Crippen LogP contribution in [0, 0.1) is 12.1 Å². The Bertz CT molecular complexity index is 2360. The summed E-state index contributed by atoms with van der Waals surface area (Å²) < 4.78 is 70.4. The maximum atomic E-state index is 11.9. The number of nitrogens with zero attached hydrogens (tertiary/aromatic N) is 7. The molecule has 60 heavy (non-hydrogen) atoms. The van der Waals surface area contributed by atoms with Crippen LogP contribution in [0.5, 0.6) is 0 Å². The third-order valence-corrected chi connectivity index (χ3v) is 9.04. The van der Waals surface area contributed by atoms with Gasteiger partial charge in [-0.1, -0.05) is 22.3 Å². The van der Waals surface area contributed by atoms with E-state index in [1.54, 1.807) is 24.3 Å². The second-order valence-electron chi connectivity index (χ2n) is 11.3. The summed E-state index contributed by atoms with van der Waals surface area (Å²) in [7, 11) is -9.69. The SMILES string of the molecule is O=S(=O)([O-])c1cc[c-]c(Nc2nc(Nc3cccc(Nc4nc(Nc5c[c-]ccc5S(=O)(=O)[O-])nc(C(CO)NCCO)n4)c3)nc(N(CCO)CCO)n2)c1.[Li+].[Li+].[Li+].[Li+]. The van der Waals surface area contributed by atoms with E-state index in [9.17, 15) is 46.4 Å². The molecule has 0 aliphatic carbocycles. The zero-order chi connectivity index (χ0) is 40.3. The van der Waals surface area contributed by atoms with E-state index >= 15 is 0 Å². The number of nitrogens with one attached hydrogen (secondary N) is 5. The van der Waals surface area contributed by atoms with E-state index in [0.29, 0.717) is 11.4 Å². The fraction of sp³-hybridized carbons (Fsp3) is 0.250. The molecular formula is C32H34Li4N12O10S2. The minimum atomic E-state index is -4.91. The Morgan fingerprint density at radius 2 is 1.27 bits per heavy atom. The summed E-state index contributed by atoms with van der Waals surface area (Å²) in [6.45, 7) is -1.24. The predicted octanol–water partition coefficient (Wildman–Crippen LogP) is -12.1. The van der Waals surface area contributed by atoms with Crippen molar-refractivity contribution in [2.75, 3.05) is 72.2 Å². The van der Waals surface area contributed by atoms with Crippen molar-refractivity contribution in [3.8, 4) is 0 Å². The molecule has 9 N–H and O–H groups in total. The van der Waals surface area contributed by atoms with Crippen molar-refractivity contribution in [2.45, 2.75) is 15.8 Å². The topological polar surface area (TPSA) is 336 Å². The van der Waals surface area contributed by atoms with Gasteiger partial charge in [0.05, 0.1) is 32.5 Å². The summed E-state index contributed by atoms with van der Waals surface area (Å²) in [5.74, 6) is -0.429. The molecule has 0 saturated carbocycles. The van der Waals surface area contributed by atoms with Crippen LogP contribution in [-0.4, -0.2) is 122 Å². The average Bonchev–Trinajstić information content (AvgIpc) is 3.14. The first-order valence-electron chi connectivity index (χ1n) is 16.3. The predicted molar refractivity (Wildman–Crippen MR) is 197 cm³/mol. The minimum absolute atomic E-state index is 0. The van der Waals surface area contributed by atoms with Gasteiger partial charge in [0.15, 0.2) is 5.82 Å². The third-order valence-electron chi connectivity index (χ3n) is 7.32. The molecule has 1 unspecified atom stereocenters. The van der Waals surface area contributed by atoms with Crippen molar-refractivity contribution in [3.63, 3.8) is 0 Å². The smallest absolute Gasteiger partial charge is 0.746 e. The van der Waals surface area contributed by atoms with E-state index in [1.165, 1.54) is 23.1 Å². The van der Waals surface area contributed by atoms with Gasteiger partial charge in [0.2, 0.25) is 29.7 Å². The largest absolute Gasteiger partial charge is 1.00 e. The average molecular weight is 839 g/mol. The first-order chi connectivity index (χ1) is 26.8. The Morgan fingerprint density at radius 3 is 1.82 bits per heavy atom. The molecule has 0 spiro atoms. The molecule has 0 saturated heterocycles. The van der Waals surface area contributed by atoms with Gasteiger partial charge in [0.1, 0.15) is 20.2 Å². The van der Waals surface area contributed by atoms with Gasteiger partial charge in [-0.15, -0.1) is 6.07 Å². The molecule has 0 aliphatic heterocycles. The normalized spacial score (nSPS) is 11.4. The molecule has 0 aliphatic rings. The number of rotatable bonds is 20. The molecule has 5 aromatic rings. The Kier molecular flexibility index (Phi) is 23.3. The van der Waals surface area contributed by atoms with Crippen molar-refractivity contribution in [1.29, 1.82) is 0 Å². The Labute approximate surface area is 393 Å². The van der Waals surface area contributed by atoms with Crippen LogP contribution in [-0.2, 0) is 20.2 Å². The van der Waals surface area contributed by atoms with Crippen LogP contribution < -0.4 is 107 Å². The van der Waals surface area contributed by atoms with Crippen molar-refractivity contribution >= 4 is 72.7 Å². The van der Waals surface area contributed by atoms with Crippen LogP contribution in [0.4, 0.5) is 52.5 Å². The first kappa shape index (κ1) is 54.7. The molecule has 2 aromatic heterocycles. The maximum absolute atomic E-state index is 11.9. The summed E-state index contributed by atoms with van der Waals surface area (Å²) in [6.07, 6.45) is 0. The standard InChI is InChI=1S/C32H36N12O10S2.4Li/c45-14-11-33-25(19-48)27-38-28(40-31(39-27)37-24-9-1-2-10-26(24)56(52,53)54)34-20-5-3-6-21(17-20)35-29-41-30(43-32(42-29)44(12-15-46)13-16-47)36-22-7-4-8-23(18-22)55(49,50)51;;;;/h2-6,8-10,17-18,25,33,45-48H,11-16,19H2,(H,49,50,51)(H,52,53,54)(H2,34,37,38,39,40)(H2,35,36,41,42,43);;;;/q-2;4*+1/p-2. The molecule has 3 aromatic carbocycles. The minimum Gasteiger partial charge on any atom is -0.746 e. The molecule has 0 radical (unpaired) electrons. The zero-order valence-corrected chi connectivity index (χ0v) is 34.6. The summed E-state index contributed by atoms with van der Waals surface area (Å²) in [5, 5.41) is 53.0. The van der Waals surface area contributed by atoms with E-state index in [0.717, 1.165) is 18.2 Å². The van der Waals surface area contributed by atoms with E-state index in [4.69, 9.17) is 0 Å².